The van der Waals surface area contributed by atoms with E-state index in [1.54, 1.807) is 0 Å². The summed E-state index contributed by atoms with van der Waals surface area (Å²) in [5.41, 5.74) is 0. The van der Waals surface area contributed by atoms with Crippen LogP contribution in [0.3, 0.4) is 0 Å². The molecule has 0 spiro atoms. The van der Waals surface area contributed by atoms with E-state index in [0.29, 0.717) is 0 Å². The molecule has 15 heavy (non-hydrogen) atoms. The molecule has 6 heteroatoms. The van der Waals surface area contributed by atoms with Crippen LogP contribution < -0.4 is 0 Å². The average molecular weight is 216 g/mol. The molecular formula is C9H12O6. The van der Waals surface area contributed by atoms with Crippen LogP contribution in [0, 0.1) is 0 Å². The lowest BCUT2D eigenvalue weighted by Crippen LogP contribution is -2.28. The number of carbonyl (C=O) groups is 1. The molecule has 1 rings (SSSR count). The van der Waals surface area contributed by atoms with Crippen molar-refractivity contribution in [3.63, 3.8) is 0 Å². The monoisotopic (exact) mass is 216 g/mol. The summed E-state index contributed by atoms with van der Waals surface area (Å²) in [6, 6.07) is 2.80. The molecule has 0 saturated heterocycles. The minimum atomic E-state index is -1.70. The molecule has 0 bridgehead atoms. The smallest absolute Gasteiger partial charge is 0.337 e. The van der Waals surface area contributed by atoms with Crippen molar-refractivity contribution in [3.8, 4) is 0 Å². The Morgan fingerprint density at radius 1 is 1.53 bits per heavy atom. The van der Waals surface area contributed by atoms with Gasteiger partial charge in [-0.2, -0.15) is 0 Å². The fourth-order valence-corrected chi connectivity index (χ4v) is 1.04. The zero-order chi connectivity index (χ0) is 11.4. The number of methoxy groups -OCH3 is 1. The first-order valence-corrected chi connectivity index (χ1v) is 4.23. The zero-order valence-electron chi connectivity index (χ0n) is 8.08. The zero-order valence-corrected chi connectivity index (χ0v) is 8.08. The first kappa shape index (κ1) is 11.7. The third-order valence-corrected chi connectivity index (χ3v) is 1.87. The lowest BCUT2D eigenvalue weighted by atomic mass is 10.1. The van der Waals surface area contributed by atoms with Crippen molar-refractivity contribution in [1.82, 2.24) is 0 Å². The third-order valence-electron chi connectivity index (χ3n) is 1.87. The number of hydrogen-bond acceptors (Lipinski definition) is 6. The summed E-state index contributed by atoms with van der Waals surface area (Å²) in [6.07, 6.45) is -3.20. The number of hydrogen-bond donors (Lipinski definition) is 3. The van der Waals surface area contributed by atoms with Gasteiger partial charge in [0.05, 0.1) is 7.11 Å². The molecule has 0 amide bonds. The Kier molecular flexibility index (Phi) is 3.84. The number of rotatable bonds is 4. The maximum absolute atomic E-state index is 10.9. The highest BCUT2D eigenvalue weighted by atomic mass is 16.5. The van der Waals surface area contributed by atoms with Crippen molar-refractivity contribution in [2.75, 3.05) is 7.11 Å². The van der Waals surface area contributed by atoms with E-state index in [1.165, 1.54) is 12.1 Å². The molecule has 1 heterocycles. The lowest BCUT2D eigenvalue weighted by molar-refractivity contribution is -0.157. The molecule has 2 atom stereocenters. The summed E-state index contributed by atoms with van der Waals surface area (Å²) in [4.78, 5) is 10.9. The van der Waals surface area contributed by atoms with Crippen LogP contribution in [0.15, 0.2) is 16.5 Å². The van der Waals surface area contributed by atoms with Gasteiger partial charge in [-0.25, -0.2) is 4.79 Å². The fraction of sp³-hybridized carbons (Fsp3) is 0.444. The van der Waals surface area contributed by atoms with E-state index in [2.05, 4.69) is 4.74 Å². The van der Waals surface area contributed by atoms with Crippen LogP contribution in [-0.2, 0) is 16.1 Å². The average Bonchev–Trinajstić information content (AvgIpc) is 2.74. The quantitative estimate of drug-likeness (QED) is 0.578. The molecule has 0 radical (unpaired) electrons. The predicted octanol–water partition coefficient (Wildman–Crippen LogP) is -0.661. The van der Waals surface area contributed by atoms with Crippen LogP contribution in [-0.4, -0.2) is 34.5 Å². The molecule has 84 valence electrons. The van der Waals surface area contributed by atoms with Crippen LogP contribution in [0.1, 0.15) is 17.6 Å². The van der Waals surface area contributed by atoms with Crippen molar-refractivity contribution < 1.29 is 29.3 Å². The number of ether oxygens (including phenoxy) is 1. The SMILES string of the molecule is COC(=O)C(O)C(O)c1ccc(CO)o1. The van der Waals surface area contributed by atoms with Crippen LogP contribution >= 0.6 is 0 Å². The highest BCUT2D eigenvalue weighted by Gasteiger charge is 2.28. The second-order valence-corrected chi connectivity index (χ2v) is 2.88. The molecule has 0 aliphatic heterocycles. The van der Waals surface area contributed by atoms with Gasteiger partial charge in [0.1, 0.15) is 24.2 Å². The fourth-order valence-electron chi connectivity index (χ4n) is 1.04. The summed E-state index contributed by atoms with van der Waals surface area (Å²) in [6.45, 7) is -0.318. The van der Waals surface area contributed by atoms with Gasteiger partial charge >= 0.3 is 5.97 Å². The van der Waals surface area contributed by atoms with E-state index in [1.807, 2.05) is 0 Å². The molecule has 3 N–H and O–H groups in total. The molecule has 2 unspecified atom stereocenters. The molecule has 1 aromatic rings. The van der Waals surface area contributed by atoms with E-state index in [4.69, 9.17) is 9.52 Å². The molecule has 6 nitrogen and oxygen atoms in total. The van der Waals surface area contributed by atoms with Gasteiger partial charge < -0.3 is 24.5 Å². The summed E-state index contributed by atoms with van der Waals surface area (Å²) in [7, 11) is 1.10. The Hall–Kier alpha value is -1.37. The molecule has 0 saturated carbocycles. The van der Waals surface area contributed by atoms with Crippen molar-refractivity contribution >= 4 is 5.97 Å². The third kappa shape index (κ3) is 2.56. The first-order valence-electron chi connectivity index (χ1n) is 4.23. The van der Waals surface area contributed by atoms with Crippen molar-refractivity contribution in [1.29, 1.82) is 0 Å². The highest BCUT2D eigenvalue weighted by Crippen LogP contribution is 2.20. The van der Waals surface area contributed by atoms with Gasteiger partial charge in [0.15, 0.2) is 6.10 Å². The Morgan fingerprint density at radius 2 is 2.20 bits per heavy atom. The Labute approximate surface area is 85.7 Å². The van der Waals surface area contributed by atoms with E-state index in [-0.39, 0.29) is 18.1 Å². The van der Waals surface area contributed by atoms with Gasteiger partial charge in [0.25, 0.3) is 0 Å². The summed E-state index contributed by atoms with van der Waals surface area (Å²) < 4.78 is 9.19. The van der Waals surface area contributed by atoms with Gasteiger partial charge in [0.2, 0.25) is 0 Å². The predicted molar refractivity (Wildman–Crippen MR) is 47.6 cm³/mol. The van der Waals surface area contributed by atoms with Gasteiger partial charge in [-0.3, -0.25) is 0 Å². The summed E-state index contributed by atoms with van der Waals surface area (Å²) >= 11 is 0. The molecule has 0 aromatic carbocycles. The lowest BCUT2D eigenvalue weighted by Gasteiger charge is -2.12. The minimum Gasteiger partial charge on any atom is -0.467 e. The van der Waals surface area contributed by atoms with Crippen LogP contribution in [0.25, 0.3) is 0 Å². The second kappa shape index (κ2) is 4.92. The molecule has 0 fully saturated rings. The minimum absolute atomic E-state index is 0.00282. The largest absolute Gasteiger partial charge is 0.467 e. The summed E-state index contributed by atoms with van der Waals surface area (Å²) in [5, 5.41) is 27.4. The van der Waals surface area contributed by atoms with Crippen LogP contribution in [0.2, 0.25) is 0 Å². The van der Waals surface area contributed by atoms with E-state index >= 15 is 0 Å². The van der Waals surface area contributed by atoms with Crippen molar-refractivity contribution in [2.45, 2.75) is 18.8 Å². The second-order valence-electron chi connectivity index (χ2n) is 2.88. The van der Waals surface area contributed by atoms with Gasteiger partial charge in [-0.15, -0.1) is 0 Å². The number of aliphatic hydroxyl groups excluding tert-OH is 3. The highest BCUT2D eigenvalue weighted by molar-refractivity contribution is 5.75. The molecule has 1 aromatic heterocycles. The normalized spacial score (nSPS) is 14.7. The van der Waals surface area contributed by atoms with Gasteiger partial charge in [-0.1, -0.05) is 0 Å². The van der Waals surface area contributed by atoms with Gasteiger partial charge in [-0.05, 0) is 12.1 Å². The molecular weight excluding hydrogens is 204 g/mol. The number of furan rings is 1. The molecule has 0 aliphatic carbocycles. The standard InChI is InChI=1S/C9H12O6/c1-14-9(13)8(12)7(11)6-3-2-5(4-10)15-6/h2-3,7-8,10-12H,4H2,1H3. The van der Waals surface area contributed by atoms with E-state index < -0.39 is 18.2 Å². The van der Waals surface area contributed by atoms with Gasteiger partial charge in [0, 0.05) is 0 Å². The Balaban J connectivity index is 2.75. The van der Waals surface area contributed by atoms with E-state index in [9.17, 15) is 15.0 Å². The van der Waals surface area contributed by atoms with E-state index in [0.717, 1.165) is 7.11 Å². The molecule has 0 aliphatic rings. The Morgan fingerprint density at radius 3 is 2.67 bits per heavy atom. The summed E-state index contributed by atoms with van der Waals surface area (Å²) in [5.74, 6) is -0.720. The number of carbonyl (C=O) groups excluding carboxylic acids is 1. The van der Waals surface area contributed by atoms with Crippen molar-refractivity contribution in [2.24, 2.45) is 0 Å². The van der Waals surface area contributed by atoms with Crippen LogP contribution in [0.4, 0.5) is 0 Å². The first-order chi connectivity index (χ1) is 7.10. The Bertz CT molecular complexity index is 331. The maximum Gasteiger partial charge on any atom is 0.337 e. The maximum atomic E-state index is 10.9. The van der Waals surface area contributed by atoms with Crippen LogP contribution in [0.5, 0.6) is 0 Å². The topological polar surface area (TPSA) is 100 Å². The number of aliphatic hydroxyl groups is 3. The number of esters is 1. The van der Waals surface area contributed by atoms with Crippen molar-refractivity contribution in [3.05, 3.63) is 23.7 Å².